The van der Waals surface area contributed by atoms with Crippen molar-refractivity contribution in [2.75, 3.05) is 5.32 Å². The maximum absolute atomic E-state index is 13.8. The van der Waals surface area contributed by atoms with Crippen LogP contribution in [0.25, 0.3) is 23.4 Å². The van der Waals surface area contributed by atoms with Gasteiger partial charge in [0, 0.05) is 45.3 Å². The molecule has 5 heteroatoms. The van der Waals surface area contributed by atoms with Crippen LogP contribution in [0.15, 0.2) is 53.7 Å². The Labute approximate surface area is 225 Å². The topological polar surface area (TPSA) is 29.3 Å². The van der Waals surface area contributed by atoms with Gasteiger partial charge in [0.05, 0.1) is 0 Å². The summed E-state index contributed by atoms with van der Waals surface area (Å²) in [6.07, 6.45) is 14.8. The zero-order valence-corrected chi connectivity index (χ0v) is 23.3. The molecule has 0 saturated heterocycles. The summed E-state index contributed by atoms with van der Waals surface area (Å²) in [5.74, 6) is 1.10. The van der Waals surface area contributed by atoms with Crippen molar-refractivity contribution < 1.29 is 4.39 Å². The Bertz CT molecular complexity index is 1330. The van der Waals surface area contributed by atoms with Gasteiger partial charge in [0.1, 0.15) is 11.7 Å². The maximum Gasteiger partial charge on any atom is 0.126 e. The first-order valence-electron chi connectivity index (χ1n) is 13.7. The highest BCUT2D eigenvalue weighted by Crippen LogP contribution is 2.31. The van der Waals surface area contributed by atoms with Gasteiger partial charge in [-0.15, -0.1) is 0 Å². The molecule has 0 amide bonds. The molecule has 196 valence electrons. The summed E-state index contributed by atoms with van der Waals surface area (Å²) in [6, 6.07) is 13.8. The number of amidine groups is 1. The van der Waals surface area contributed by atoms with Crippen molar-refractivity contribution in [2.45, 2.75) is 78.7 Å². The van der Waals surface area contributed by atoms with Crippen LogP contribution >= 0.6 is 11.6 Å². The molecule has 1 aliphatic carbocycles. The van der Waals surface area contributed by atoms with Crippen molar-refractivity contribution in [1.82, 2.24) is 4.57 Å². The van der Waals surface area contributed by atoms with E-state index in [2.05, 4.69) is 67.2 Å². The molecule has 0 bridgehead atoms. The second-order valence-electron chi connectivity index (χ2n) is 10.3. The normalized spacial score (nSPS) is 19.5. The van der Waals surface area contributed by atoms with Crippen LogP contribution < -0.4 is 15.9 Å². The number of hydrogen-bond acceptors (Lipinski definition) is 1. The molecule has 4 rings (SSSR count). The highest BCUT2D eigenvalue weighted by atomic mass is 35.5. The van der Waals surface area contributed by atoms with Crippen LogP contribution in [0.2, 0.25) is 5.02 Å². The maximum atomic E-state index is 13.8. The van der Waals surface area contributed by atoms with E-state index >= 15 is 0 Å². The van der Waals surface area contributed by atoms with E-state index in [0.717, 1.165) is 30.4 Å². The Morgan fingerprint density at radius 2 is 1.84 bits per heavy atom. The minimum Gasteiger partial charge on any atom is -0.344 e. The number of aliphatic imine (C=N–C) groups is 1. The molecule has 1 heterocycles. The summed E-state index contributed by atoms with van der Waals surface area (Å²) in [6.45, 7) is 8.66. The molecule has 1 aromatic heterocycles. The van der Waals surface area contributed by atoms with Gasteiger partial charge in [-0.1, -0.05) is 69.1 Å². The molecule has 2 aromatic carbocycles. The first-order valence-corrected chi connectivity index (χ1v) is 14.0. The van der Waals surface area contributed by atoms with Crippen LogP contribution in [0, 0.1) is 11.7 Å². The van der Waals surface area contributed by atoms with E-state index < -0.39 is 0 Å². The highest BCUT2D eigenvalue weighted by Gasteiger charge is 2.21. The van der Waals surface area contributed by atoms with E-state index in [9.17, 15) is 4.39 Å². The van der Waals surface area contributed by atoms with E-state index in [1.165, 1.54) is 59.9 Å². The second-order valence-corrected chi connectivity index (χ2v) is 10.8. The van der Waals surface area contributed by atoms with Gasteiger partial charge in [0.15, 0.2) is 0 Å². The smallest absolute Gasteiger partial charge is 0.126 e. The molecule has 3 aromatic rings. The third kappa shape index (κ3) is 6.93. The number of halogens is 2. The van der Waals surface area contributed by atoms with Gasteiger partial charge in [0.25, 0.3) is 0 Å². The number of hydrogen-bond donors (Lipinski definition) is 1. The van der Waals surface area contributed by atoms with Crippen LogP contribution in [0.3, 0.4) is 0 Å². The van der Waals surface area contributed by atoms with Gasteiger partial charge in [0.2, 0.25) is 0 Å². The summed E-state index contributed by atoms with van der Waals surface area (Å²) in [5, 5.41) is 5.92. The molecule has 3 nitrogen and oxygen atoms in total. The van der Waals surface area contributed by atoms with E-state index in [0.29, 0.717) is 22.6 Å². The lowest BCUT2D eigenvalue weighted by Gasteiger charge is -2.27. The number of aromatic nitrogens is 1. The van der Waals surface area contributed by atoms with Crippen molar-refractivity contribution in [3.8, 4) is 11.1 Å². The molecule has 1 fully saturated rings. The molecule has 37 heavy (non-hydrogen) atoms. The number of rotatable bonds is 7. The van der Waals surface area contributed by atoms with Crippen LogP contribution in [-0.2, 0) is 6.42 Å². The largest absolute Gasteiger partial charge is 0.344 e. The SMILES string of the molecule is CCC/C=c1/c(=C\N=C(C)Nc2cc(F)cc(Cl)c2)c(-c2ccc(CC)cc2)cn1C1CCC(C)CC1. The van der Waals surface area contributed by atoms with Crippen LogP contribution in [0.5, 0.6) is 0 Å². The molecule has 0 unspecified atom stereocenters. The predicted molar refractivity (Wildman–Crippen MR) is 157 cm³/mol. The van der Waals surface area contributed by atoms with E-state index in [1.54, 1.807) is 6.07 Å². The lowest BCUT2D eigenvalue weighted by molar-refractivity contribution is 0.286. The van der Waals surface area contributed by atoms with Crippen molar-refractivity contribution >= 4 is 35.4 Å². The zero-order valence-electron chi connectivity index (χ0n) is 22.5. The van der Waals surface area contributed by atoms with Crippen molar-refractivity contribution in [3.05, 3.63) is 75.6 Å². The van der Waals surface area contributed by atoms with Crippen LogP contribution in [0.1, 0.15) is 77.8 Å². The Kier molecular flexibility index (Phi) is 9.26. The Morgan fingerprint density at radius 3 is 2.49 bits per heavy atom. The van der Waals surface area contributed by atoms with Crippen molar-refractivity contribution in [2.24, 2.45) is 10.9 Å². The summed E-state index contributed by atoms with van der Waals surface area (Å²) in [5.41, 5.74) is 4.32. The average Bonchev–Trinajstić information content (AvgIpc) is 3.24. The number of benzene rings is 2. The molecule has 1 aliphatic rings. The first kappa shape index (κ1) is 27.2. The summed E-state index contributed by atoms with van der Waals surface area (Å²) in [7, 11) is 0. The van der Waals surface area contributed by atoms with Gasteiger partial charge in [-0.25, -0.2) is 9.38 Å². The number of aryl methyl sites for hydroxylation is 1. The fourth-order valence-corrected chi connectivity index (χ4v) is 5.41. The average molecular weight is 520 g/mol. The fraction of sp³-hybridized carbons (Fsp3) is 0.406. The fourth-order valence-electron chi connectivity index (χ4n) is 5.19. The highest BCUT2D eigenvalue weighted by molar-refractivity contribution is 6.30. The van der Waals surface area contributed by atoms with Crippen molar-refractivity contribution in [3.63, 3.8) is 0 Å². The third-order valence-electron chi connectivity index (χ3n) is 7.37. The summed E-state index contributed by atoms with van der Waals surface area (Å²) < 4.78 is 16.3. The Balaban J connectivity index is 1.83. The van der Waals surface area contributed by atoms with E-state index in [4.69, 9.17) is 16.6 Å². The molecule has 0 atom stereocenters. The number of nitrogens with zero attached hydrogens (tertiary/aromatic N) is 2. The van der Waals surface area contributed by atoms with Crippen molar-refractivity contribution in [1.29, 1.82) is 0 Å². The monoisotopic (exact) mass is 519 g/mol. The van der Waals surface area contributed by atoms with Crippen LogP contribution in [-0.4, -0.2) is 10.4 Å². The first-order chi connectivity index (χ1) is 17.9. The minimum atomic E-state index is -0.375. The van der Waals surface area contributed by atoms with Crippen LogP contribution in [0.4, 0.5) is 10.1 Å². The number of unbranched alkanes of at least 4 members (excludes halogenated alkanes) is 1. The quantitative estimate of drug-likeness (QED) is 0.248. The van der Waals surface area contributed by atoms with Gasteiger partial charge in [-0.2, -0.15) is 0 Å². The minimum absolute atomic E-state index is 0.354. The van der Waals surface area contributed by atoms with Gasteiger partial charge in [-0.05, 0) is 80.7 Å². The molecule has 0 aliphatic heterocycles. The molecule has 0 spiro atoms. The molecule has 1 saturated carbocycles. The van der Waals surface area contributed by atoms with Gasteiger partial charge < -0.3 is 9.88 Å². The number of nitrogens with one attached hydrogen (secondary N) is 1. The third-order valence-corrected chi connectivity index (χ3v) is 7.58. The second kappa shape index (κ2) is 12.6. The molecular formula is C32H39ClFN3. The molecule has 1 N–H and O–H groups in total. The van der Waals surface area contributed by atoms with Gasteiger partial charge in [-0.3, -0.25) is 0 Å². The standard InChI is InChI=1S/C32H39ClFN3/c1-5-7-8-32-30(20-35-23(4)36-28-18-26(33)17-27(34)19-28)31(25-13-11-24(6-2)12-14-25)21-37(32)29-15-9-22(3)10-16-29/h8,11-14,17-22,29H,5-7,9-10,15-16H2,1-4H3,(H,35,36)/b30-20-,32-8-. The Hall–Kier alpha value is -2.85. The lowest BCUT2D eigenvalue weighted by atomic mass is 9.87. The summed E-state index contributed by atoms with van der Waals surface area (Å²) in [4.78, 5) is 4.79. The van der Waals surface area contributed by atoms with E-state index in [-0.39, 0.29) is 5.82 Å². The summed E-state index contributed by atoms with van der Waals surface area (Å²) >= 11 is 6.04. The van der Waals surface area contributed by atoms with Gasteiger partial charge >= 0.3 is 0 Å². The number of anilines is 1. The Morgan fingerprint density at radius 1 is 1.11 bits per heavy atom. The zero-order chi connectivity index (χ0) is 26.4. The lowest BCUT2D eigenvalue weighted by Crippen LogP contribution is -2.33. The molecular weight excluding hydrogens is 481 g/mol. The predicted octanol–water partition coefficient (Wildman–Crippen LogP) is 8.11. The van der Waals surface area contributed by atoms with E-state index in [1.807, 2.05) is 13.1 Å². The molecule has 0 radical (unpaired) electrons.